The smallest absolute Gasteiger partial charge is 0.266 e. The van der Waals surface area contributed by atoms with Gasteiger partial charge in [0.15, 0.2) is 0 Å². The summed E-state index contributed by atoms with van der Waals surface area (Å²) in [6, 6.07) is 11.5. The van der Waals surface area contributed by atoms with E-state index in [0.29, 0.717) is 38.1 Å². The molecule has 1 fully saturated rings. The number of carbonyl (C=O) groups is 1. The fourth-order valence-corrected chi connectivity index (χ4v) is 4.50. The van der Waals surface area contributed by atoms with E-state index in [0.717, 1.165) is 17.8 Å². The summed E-state index contributed by atoms with van der Waals surface area (Å²) in [5, 5.41) is 4.89. The predicted molar refractivity (Wildman–Crippen MR) is 112 cm³/mol. The third-order valence-electron chi connectivity index (χ3n) is 5.96. The number of halogens is 1. The van der Waals surface area contributed by atoms with Gasteiger partial charge in [0.05, 0.1) is 23.6 Å². The largest absolute Gasteiger partial charge is 0.368 e. The van der Waals surface area contributed by atoms with Gasteiger partial charge >= 0.3 is 0 Å². The van der Waals surface area contributed by atoms with Gasteiger partial charge in [-0.05, 0) is 43.0 Å². The minimum Gasteiger partial charge on any atom is -0.368 e. The van der Waals surface area contributed by atoms with E-state index in [4.69, 9.17) is 21.4 Å². The van der Waals surface area contributed by atoms with Gasteiger partial charge in [0.1, 0.15) is 10.6 Å². The Morgan fingerprint density at radius 1 is 1.20 bits per heavy atom. The first-order valence-corrected chi connectivity index (χ1v) is 10.4. The van der Waals surface area contributed by atoms with Crippen LogP contribution in [0.3, 0.4) is 0 Å². The summed E-state index contributed by atoms with van der Waals surface area (Å²) in [7, 11) is 0. The van der Waals surface area contributed by atoms with Crippen LogP contribution in [-0.2, 0) is 16.8 Å². The van der Waals surface area contributed by atoms with E-state index in [9.17, 15) is 9.59 Å². The third-order valence-corrected chi connectivity index (χ3v) is 6.24. The van der Waals surface area contributed by atoms with Crippen LogP contribution >= 0.6 is 11.6 Å². The molecule has 30 heavy (non-hydrogen) atoms. The second kappa shape index (κ2) is 7.41. The number of piperidine rings is 1. The Morgan fingerprint density at radius 3 is 2.70 bits per heavy atom. The molecule has 8 heteroatoms. The number of H-pyrrole nitrogens is 1. The first kappa shape index (κ1) is 19.1. The van der Waals surface area contributed by atoms with Crippen LogP contribution in [0.15, 0.2) is 53.6 Å². The van der Waals surface area contributed by atoms with Crippen LogP contribution in [0.2, 0.25) is 5.02 Å². The lowest BCUT2D eigenvalue weighted by Crippen LogP contribution is -2.48. The number of likely N-dealkylation sites (tertiary alicyclic amines) is 1. The number of rotatable bonds is 2. The lowest BCUT2D eigenvalue weighted by atomic mass is 9.83. The molecule has 0 unspecified atom stereocenters. The van der Waals surface area contributed by atoms with Gasteiger partial charge < -0.3 is 14.6 Å². The SMILES string of the molecule is O=C(c1c[nH]c(=O)c(Cl)c1)N1CCC2(CC1)OCCc1cn(-c3ccccc3)nc12. The average Bonchev–Trinajstić information content (AvgIpc) is 3.23. The van der Waals surface area contributed by atoms with Crippen molar-refractivity contribution in [3.05, 3.63) is 81.0 Å². The third kappa shape index (κ3) is 3.24. The number of amides is 1. The number of pyridine rings is 1. The van der Waals surface area contributed by atoms with E-state index < -0.39 is 11.2 Å². The van der Waals surface area contributed by atoms with Gasteiger partial charge in [0, 0.05) is 25.5 Å². The van der Waals surface area contributed by atoms with Crippen molar-refractivity contribution in [2.24, 2.45) is 0 Å². The maximum atomic E-state index is 12.9. The highest BCUT2D eigenvalue weighted by Crippen LogP contribution is 2.41. The Labute approximate surface area is 178 Å². The number of hydrogen-bond donors (Lipinski definition) is 1. The first-order chi connectivity index (χ1) is 14.6. The molecular formula is C22H21ClN4O3. The molecular weight excluding hydrogens is 404 g/mol. The zero-order valence-corrected chi connectivity index (χ0v) is 17.1. The van der Waals surface area contributed by atoms with Crippen LogP contribution in [0.1, 0.15) is 34.5 Å². The van der Waals surface area contributed by atoms with Gasteiger partial charge in [-0.1, -0.05) is 29.8 Å². The van der Waals surface area contributed by atoms with Crippen molar-refractivity contribution in [3.63, 3.8) is 0 Å². The number of ether oxygens (including phenoxy) is 1. The van der Waals surface area contributed by atoms with Gasteiger partial charge in [0.2, 0.25) is 0 Å². The molecule has 2 aromatic heterocycles. The summed E-state index contributed by atoms with van der Waals surface area (Å²) in [5.74, 6) is -0.145. The molecule has 7 nitrogen and oxygen atoms in total. The van der Waals surface area contributed by atoms with E-state index in [1.807, 2.05) is 35.0 Å². The van der Waals surface area contributed by atoms with Gasteiger partial charge in [-0.25, -0.2) is 4.68 Å². The lowest BCUT2D eigenvalue weighted by Gasteiger charge is -2.43. The zero-order valence-electron chi connectivity index (χ0n) is 16.3. The standard InChI is InChI=1S/C22H21ClN4O3/c23-18-12-16(13-24-20(18)28)21(29)26-9-7-22(8-10-26)19-15(6-11-30-22)14-27(25-19)17-4-2-1-3-5-17/h1-5,12-14H,6-11H2,(H,24,28). The number of benzene rings is 1. The Hall–Kier alpha value is -2.90. The predicted octanol–water partition coefficient (Wildman–Crippen LogP) is 2.92. The minimum atomic E-state index is -0.465. The minimum absolute atomic E-state index is 0.0148. The molecule has 1 N–H and O–H groups in total. The van der Waals surface area contributed by atoms with Gasteiger partial charge in [-0.15, -0.1) is 0 Å². The van der Waals surface area contributed by atoms with E-state index in [-0.39, 0.29) is 10.9 Å². The first-order valence-electron chi connectivity index (χ1n) is 10.0. The van der Waals surface area contributed by atoms with Crippen molar-refractivity contribution in [3.8, 4) is 5.69 Å². The summed E-state index contributed by atoms with van der Waals surface area (Å²) in [4.78, 5) is 28.6. The molecule has 5 rings (SSSR count). The molecule has 2 aliphatic rings. The van der Waals surface area contributed by atoms with Crippen molar-refractivity contribution >= 4 is 17.5 Å². The molecule has 1 spiro atoms. The van der Waals surface area contributed by atoms with Crippen molar-refractivity contribution in [1.29, 1.82) is 0 Å². The highest BCUT2D eigenvalue weighted by Gasteiger charge is 2.44. The Balaban J connectivity index is 1.37. The summed E-state index contributed by atoms with van der Waals surface area (Å²) in [6.45, 7) is 1.75. The number of nitrogens with one attached hydrogen (secondary N) is 1. The van der Waals surface area contributed by atoms with Gasteiger partial charge in [-0.2, -0.15) is 5.10 Å². The fourth-order valence-electron chi connectivity index (χ4n) is 4.33. The second-order valence-corrected chi connectivity index (χ2v) is 8.14. The maximum absolute atomic E-state index is 12.9. The fraction of sp³-hybridized carbons (Fsp3) is 0.318. The van der Waals surface area contributed by atoms with Crippen LogP contribution in [-0.4, -0.2) is 45.3 Å². The summed E-state index contributed by atoms with van der Waals surface area (Å²) in [6.07, 6.45) is 5.69. The molecule has 0 atom stereocenters. The number of nitrogens with zero attached hydrogens (tertiary/aromatic N) is 3. The Morgan fingerprint density at radius 2 is 1.97 bits per heavy atom. The van der Waals surface area contributed by atoms with Crippen LogP contribution in [0.5, 0.6) is 0 Å². The van der Waals surface area contributed by atoms with E-state index >= 15 is 0 Å². The summed E-state index contributed by atoms with van der Waals surface area (Å²) >= 11 is 5.88. The normalized spacial score (nSPS) is 17.7. The monoisotopic (exact) mass is 424 g/mol. The number of para-hydroxylation sites is 1. The Kier molecular flexibility index (Phi) is 4.72. The van der Waals surface area contributed by atoms with E-state index in [1.165, 1.54) is 17.8 Å². The summed E-state index contributed by atoms with van der Waals surface area (Å²) < 4.78 is 8.19. The van der Waals surface area contributed by atoms with E-state index in [2.05, 4.69) is 11.2 Å². The Bertz CT molecular complexity index is 1150. The zero-order chi connectivity index (χ0) is 20.7. The molecule has 0 bridgehead atoms. The molecule has 4 heterocycles. The van der Waals surface area contributed by atoms with Crippen LogP contribution in [0, 0.1) is 0 Å². The second-order valence-electron chi connectivity index (χ2n) is 7.73. The van der Waals surface area contributed by atoms with Gasteiger partial charge in [0.25, 0.3) is 11.5 Å². The number of aromatic amines is 1. The molecule has 0 saturated carbocycles. The topological polar surface area (TPSA) is 80.2 Å². The quantitative estimate of drug-likeness (QED) is 0.686. The van der Waals surface area contributed by atoms with Gasteiger partial charge in [-0.3, -0.25) is 9.59 Å². The molecule has 0 radical (unpaired) electrons. The van der Waals surface area contributed by atoms with Crippen molar-refractivity contribution in [2.45, 2.75) is 24.9 Å². The molecule has 154 valence electrons. The van der Waals surface area contributed by atoms with Crippen molar-refractivity contribution < 1.29 is 9.53 Å². The van der Waals surface area contributed by atoms with Crippen molar-refractivity contribution in [1.82, 2.24) is 19.7 Å². The van der Waals surface area contributed by atoms with Crippen LogP contribution in [0.4, 0.5) is 0 Å². The highest BCUT2D eigenvalue weighted by molar-refractivity contribution is 6.30. The molecule has 1 amide bonds. The maximum Gasteiger partial charge on any atom is 0.266 e. The molecule has 3 aromatic rings. The van der Waals surface area contributed by atoms with Crippen molar-refractivity contribution in [2.75, 3.05) is 19.7 Å². The number of carbonyl (C=O) groups excluding carboxylic acids is 1. The molecule has 0 aliphatic carbocycles. The highest BCUT2D eigenvalue weighted by atomic mass is 35.5. The molecule has 1 saturated heterocycles. The molecule has 1 aromatic carbocycles. The van der Waals surface area contributed by atoms with Crippen LogP contribution < -0.4 is 5.56 Å². The lowest BCUT2D eigenvalue weighted by molar-refractivity contribution is -0.0963. The number of fused-ring (bicyclic) bond motifs is 2. The number of aromatic nitrogens is 3. The average molecular weight is 425 g/mol. The van der Waals surface area contributed by atoms with Crippen LogP contribution in [0.25, 0.3) is 5.69 Å². The summed E-state index contributed by atoms with van der Waals surface area (Å²) in [5.41, 5.74) is 2.73. The number of hydrogen-bond acceptors (Lipinski definition) is 4. The molecule has 2 aliphatic heterocycles. The van der Waals surface area contributed by atoms with E-state index in [1.54, 1.807) is 4.90 Å².